The number of ether oxygens (including phenoxy) is 1. The summed E-state index contributed by atoms with van der Waals surface area (Å²) in [4.78, 5) is 30.7. The molecular formula is C29H27N3O4. The van der Waals surface area contributed by atoms with Crippen LogP contribution >= 0.6 is 0 Å². The number of anilines is 2. The molecule has 0 saturated carbocycles. The zero-order chi connectivity index (χ0) is 25.5. The minimum absolute atomic E-state index is 0.162. The van der Waals surface area contributed by atoms with E-state index in [0.29, 0.717) is 18.7 Å². The number of nitrogens with one attached hydrogen (secondary N) is 1. The number of carbonyl (C=O) groups excluding carboxylic acids is 2. The normalized spacial score (nSPS) is 10.5. The van der Waals surface area contributed by atoms with E-state index in [9.17, 15) is 14.7 Å². The first-order chi connectivity index (χ1) is 17.4. The maximum atomic E-state index is 12.7. The second-order valence-electron chi connectivity index (χ2n) is 8.16. The number of pyridine rings is 1. The Hall–Kier alpha value is -4.65. The van der Waals surface area contributed by atoms with Gasteiger partial charge in [-0.2, -0.15) is 0 Å². The van der Waals surface area contributed by atoms with Crippen LogP contribution in [0.5, 0.6) is 5.75 Å². The standard InChI is InChI=1S/C29H27N3O4/c1-3-36-29(35)27-16-13-25(19-30-27)32(2)24-6-4-5-20(17-24)18-31-28(34)23-9-7-21(8-10-23)22-11-14-26(33)15-12-22/h4-17,19,33H,3,18H2,1-2H3,(H,31,34). The predicted molar refractivity (Wildman–Crippen MR) is 139 cm³/mol. The smallest absolute Gasteiger partial charge is 0.356 e. The fourth-order valence-electron chi connectivity index (χ4n) is 3.69. The maximum Gasteiger partial charge on any atom is 0.356 e. The molecule has 7 heteroatoms. The SMILES string of the molecule is CCOC(=O)c1ccc(N(C)c2cccc(CNC(=O)c3ccc(-c4ccc(O)cc4)cc3)c2)cn1. The van der Waals surface area contributed by atoms with Gasteiger partial charge in [0.15, 0.2) is 0 Å². The third kappa shape index (κ3) is 5.88. The summed E-state index contributed by atoms with van der Waals surface area (Å²) in [5.74, 6) is -0.391. The van der Waals surface area contributed by atoms with Gasteiger partial charge >= 0.3 is 5.97 Å². The highest BCUT2D eigenvalue weighted by molar-refractivity contribution is 5.94. The summed E-state index contributed by atoms with van der Waals surface area (Å²) in [7, 11) is 1.91. The Labute approximate surface area is 210 Å². The average Bonchev–Trinajstić information content (AvgIpc) is 2.92. The number of nitrogens with zero attached hydrogens (tertiary/aromatic N) is 2. The van der Waals surface area contributed by atoms with E-state index >= 15 is 0 Å². The van der Waals surface area contributed by atoms with Crippen LogP contribution in [0.25, 0.3) is 11.1 Å². The lowest BCUT2D eigenvalue weighted by Gasteiger charge is -2.20. The summed E-state index contributed by atoms with van der Waals surface area (Å²) in [6.45, 7) is 2.43. The largest absolute Gasteiger partial charge is 0.508 e. The van der Waals surface area contributed by atoms with Crippen LogP contribution in [0.15, 0.2) is 91.1 Å². The van der Waals surface area contributed by atoms with E-state index in [1.807, 2.05) is 66.5 Å². The van der Waals surface area contributed by atoms with Gasteiger partial charge in [-0.25, -0.2) is 9.78 Å². The highest BCUT2D eigenvalue weighted by Crippen LogP contribution is 2.25. The number of amides is 1. The van der Waals surface area contributed by atoms with Gasteiger partial charge in [-0.05, 0) is 72.1 Å². The summed E-state index contributed by atoms with van der Waals surface area (Å²) in [6.07, 6.45) is 1.63. The summed E-state index contributed by atoms with van der Waals surface area (Å²) < 4.78 is 4.98. The van der Waals surface area contributed by atoms with E-state index in [1.165, 1.54) is 0 Å². The molecule has 1 amide bonds. The van der Waals surface area contributed by atoms with Gasteiger partial charge < -0.3 is 20.1 Å². The van der Waals surface area contributed by atoms with Gasteiger partial charge in [0.2, 0.25) is 0 Å². The molecule has 0 saturated heterocycles. The summed E-state index contributed by atoms with van der Waals surface area (Å²) in [5, 5.41) is 12.4. The summed E-state index contributed by atoms with van der Waals surface area (Å²) in [5.41, 5.74) is 5.45. The number of carbonyl (C=O) groups is 2. The number of aromatic hydroxyl groups is 1. The van der Waals surface area contributed by atoms with Crippen molar-refractivity contribution < 1.29 is 19.4 Å². The topological polar surface area (TPSA) is 91.8 Å². The van der Waals surface area contributed by atoms with Gasteiger partial charge in [-0.15, -0.1) is 0 Å². The molecular weight excluding hydrogens is 454 g/mol. The average molecular weight is 482 g/mol. The van der Waals surface area contributed by atoms with Crippen molar-refractivity contribution in [2.45, 2.75) is 13.5 Å². The fraction of sp³-hybridized carbons (Fsp3) is 0.138. The Morgan fingerprint density at radius 1 is 0.917 bits per heavy atom. The zero-order valence-corrected chi connectivity index (χ0v) is 20.1. The van der Waals surface area contributed by atoms with Crippen LogP contribution in [-0.2, 0) is 11.3 Å². The first kappa shape index (κ1) is 24.5. The molecule has 0 aliphatic carbocycles. The number of phenols is 1. The van der Waals surface area contributed by atoms with Crippen LogP contribution in [0, 0.1) is 0 Å². The number of hydrogen-bond acceptors (Lipinski definition) is 6. The molecule has 0 aliphatic heterocycles. The number of rotatable bonds is 8. The molecule has 2 N–H and O–H groups in total. The van der Waals surface area contributed by atoms with Crippen LogP contribution in [0.1, 0.15) is 33.3 Å². The van der Waals surface area contributed by atoms with E-state index in [-0.39, 0.29) is 17.4 Å². The lowest BCUT2D eigenvalue weighted by atomic mass is 10.0. The first-order valence-electron chi connectivity index (χ1n) is 11.6. The number of esters is 1. The number of benzene rings is 3. The quantitative estimate of drug-likeness (QED) is 0.331. The van der Waals surface area contributed by atoms with Gasteiger partial charge in [0.05, 0.1) is 18.5 Å². The molecule has 36 heavy (non-hydrogen) atoms. The molecule has 1 heterocycles. The van der Waals surface area contributed by atoms with Gasteiger partial charge in [0.25, 0.3) is 5.91 Å². The molecule has 0 radical (unpaired) electrons. The predicted octanol–water partition coefficient (Wildman–Crippen LogP) is 5.33. The second kappa shape index (κ2) is 11.2. The molecule has 0 aliphatic rings. The van der Waals surface area contributed by atoms with Crippen LogP contribution < -0.4 is 10.2 Å². The highest BCUT2D eigenvalue weighted by atomic mass is 16.5. The van der Waals surface area contributed by atoms with E-state index in [4.69, 9.17) is 4.74 Å². The molecule has 0 atom stereocenters. The van der Waals surface area contributed by atoms with Crippen molar-refractivity contribution in [2.75, 3.05) is 18.6 Å². The Morgan fingerprint density at radius 3 is 2.25 bits per heavy atom. The Morgan fingerprint density at radius 2 is 1.61 bits per heavy atom. The molecule has 1 aromatic heterocycles. The minimum Gasteiger partial charge on any atom is -0.508 e. The van der Waals surface area contributed by atoms with Crippen molar-refractivity contribution in [1.82, 2.24) is 10.3 Å². The molecule has 0 unspecified atom stereocenters. The number of hydrogen-bond donors (Lipinski definition) is 2. The van der Waals surface area contributed by atoms with E-state index in [1.54, 1.807) is 43.5 Å². The van der Waals surface area contributed by atoms with Gasteiger partial charge in [-0.1, -0.05) is 36.4 Å². The zero-order valence-electron chi connectivity index (χ0n) is 20.1. The second-order valence-corrected chi connectivity index (χ2v) is 8.16. The third-order valence-electron chi connectivity index (χ3n) is 5.72. The molecule has 0 spiro atoms. The van der Waals surface area contributed by atoms with Gasteiger partial charge in [0.1, 0.15) is 11.4 Å². The molecule has 3 aromatic carbocycles. The summed E-state index contributed by atoms with van der Waals surface area (Å²) in [6, 6.07) is 25.6. The van der Waals surface area contributed by atoms with Gasteiger partial charge in [-0.3, -0.25) is 4.79 Å². The van der Waals surface area contributed by atoms with Crippen molar-refractivity contribution in [3.8, 4) is 16.9 Å². The van der Waals surface area contributed by atoms with Crippen molar-refractivity contribution >= 4 is 23.3 Å². The highest BCUT2D eigenvalue weighted by Gasteiger charge is 2.11. The van der Waals surface area contributed by atoms with E-state index < -0.39 is 5.97 Å². The van der Waals surface area contributed by atoms with E-state index in [0.717, 1.165) is 28.1 Å². The van der Waals surface area contributed by atoms with Crippen LogP contribution in [0.4, 0.5) is 11.4 Å². The summed E-state index contributed by atoms with van der Waals surface area (Å²) >= 11 is 0. The lowest BCUT2D eigenvalue weighted by molar-refractivity contribution is 0.0519. The van der Waals surface area contributed by atoms with Crippen LogP contribution in [0.3, 0.4) is 0 Å². The minimum atomic E-state index is -0.445. The monoisotopic (exact) mass is 481 g/mol. The Bertz CT molecular complexity index is 1330. The van der Waals surface area contributed by atoms with Crippen molar-refractivity contribution in [3.05, 3.63) is 108 Å². The lowest BCUT2D eigenvalue weighted by Crippen LogP contribution is -2.22. The Kier molecular flexibility index (Phi) is 7.60. The third-order valence-corrected chi connectivity index (χ3v) is 5.72. The molecule has 182 valence electrons. The van der Waals surface area contributed by atoms with Crippen molar-refractivity contribution in [3.63, 3.8) is 0 Å². The van der Waals surface area contributed by atoms with Gasteiger partial charge in [0, 0.05) is 24.8 Å². The van der Waals surface area contributed by atoms with E-state index in [2.05, 4.69) is 10.3 Å². The molecule has 7 nitrogen and oxygen atoms in total. The fourth-order valence-corrected chi connectivity index (χ4v) is 3.69. The van der Waals surface area contributed by atoms with Crippen molar-refractivity contribution in [1.29, 1.82) is 0 Å². The molecule has 0 fully saturated rings. The first-order valence-corrected chi connectivity index (χ1v) is 11.6. The van der Waals surface area contributed by atoms with Crippen LogP contribution in [0.2, 0.25) is 0 Å². The van der Waals surface area contributed by atoms with Crippen LogP contribution in [-0.4, -0.2) is 35.6 Å². The molecule has 4 aromatic rings. The molecule has 0 bridgehead atoms. The number of aromatic nitrogens is 1. The van der Waals surface area contributed by atoms with Crippen molar-refractivity contribution in [2.24, 2.45) is 0 Å². The number of phenolic OH excluding ortho intramolecular Hbond substituents is 1. The molecule has 4 rings (SSSR count). The maximum absolute atomic E-state index is 12.7. The Balaban J connectivity index is 1.38.